The molecule has 3 heterocycles. The third-order valence-corrected chi connectivity index (χ3v) is 5.17. The molecule has 0 aromatic heterocycles. The van der Waals surface area contributed by atoms with Gasteiger partial charge in [0.2, 0.25) is 0 Å². The predicted molar refractivity (Wildman–Crippen MR) is 78.0 cm³/mol. The van der Waals surface area contributed by atoms with E-state index in [1.165, 1.54) is 0 Å². The van der Waals surface area contributed by atoms with Gasteiger partial charge < -0.3 is 4.74 Å². The molecule has 4 nitrogen and oxygen atoms in total. The first-order valence-corrected chi connectivity index (χ1v) is 7.94. The summed E-state index contributed by atoms with van der Waals surface area (Å²) in [6, 6.07) is 0.0570. The van der Waals surface area contributed by atoms with Crippen molar-refractivity contribution in [1.29, 1.82) is 0 Å². The van der Waals surface area contributed by atoms with Gasteiger partial charge >= 0.3 is 5.97 Å². The van der Waals surface area contributed by atoms with Gasteiger partial charge in [0.25, 0.3) is 5.91 Å². The number of carbonyl (C=O) groups is 2. The van der Waals surface area contributed by atoms with Crippen LogP contribution in [0.4, 0.5) is 0 Å². The zero-order valence-corrected chi connectivity index (χ0v) is 12.2. The Hall–Kier alpha value is -1.49. The number of thioether (sulfide) groups is 1. The lowest BCUT2D eigenvalue weighted by atomic mass is 9.84. The highest BCUT2D eigenvalue weighted by Gasteiger charge is 2.56. The average Bonchev–Trinajstić information content (AvgIpc) is 2.77. The Balaban J connectivity index is 1.95. The van der Waals surface area contributed by atoms with Crippen LogP contribution in [-0.2, 0) is 14.3 Å². The number of hydrogen-bond acceptors (Lipinski definition) is 4. The van der Waals surface area contributed by atoms with Crippen LogP contribution in [0.1, 0.15) is 13.3 Å². The Kier molecular flexibility index (Phi) is 3.46. The first-order chi connectivity index (χ1) is 9.70. The van der Waals surface area contributed by atoms with E-state index in [-0.39, 0.29) is 30.4 Å². The highest BCUT2D eigenvalue weighted by Crippen LogP contribution is 2.50. The average molecular weight is 291 g/mol. The van der Waals surface area contributed by atoms with Crippen LogP contribution in [0, 0.1) is 5.92 Å². The zero-order chi connectivity index (χ0) is 14.3. The molecule has 0 aromatic rings. The lowest BCUT2D eigenvalue weighted by Gasteiger charge is -2.41. The van der Waals surface area contributed by atoms with Crippen molar-refractivity contribution in [3.63, 3.8) is 0 Å². The van der Waals surface area contributed by atoms with Crippen molar-refractivity contribution in [2.24, 2.45) is 5.92 Å². The normalized spacial score (nSPS) is 29.9. The molecule has 2 atom stereocenters. The molecular formula is C15H17NO3S. The molecule has 0 radical (unpaired) electrons. The number of ether oxygens (including phenoxy) is 1. The first kappa shape index (κ1) is 13.5. The van der Waals surface area contributed by atoms with Gasteiger partial charge in [0.15, 0.2) is 0 Å². The van der Waals surface area contributed by atoms with Crippen molar-refractivity contribution in [3.8, 4) is 0 Å². The molecule has 0 bridgehead atoms. The van der Waals surface area contributed by atoms with E-state index in [0.717, 1.165) is 29.1 Å². The van der Waals surface area contributed by atoms with Gasteiger partial charge in [-0.2, -0.15) is 11.8 Å². The van der Waals surface area contributed by atoms with Gasteiger partial charge in [0.1, 0.15) is 12.3 Å². The lowest BCUT2D eigenvalue weighted by molar-refractivity contribution is -0.145. The van der Waals surface area contributed by atoms with Gasteiger partial charge in [-0.25, -0.2) is 4.79 Å². The van der Waals surface area contributed by atoms with E-state index in [4.69, 9.17) is 4.74 Å². The molecule has 2 fully saturated rings. The SMILES string of the molecule is C=CCOC(=O)C1=C2CCSCC2[C@@H]2/C(=C\C)C(=O)N12. The van der Waals surface area contributed by atoms with Crippen LogP contribution in [0.3, 0.4) is 0 Å². The minimum Gasteiger partial charge on any atom is -0.457 e. The minimum absolute atomic E-state index is 0.0463. The molecule has 1 unspecified atom stereocenters. The Morgan fingerprint density at radius 1 is 1.60 bits per heavy atom. The molecule has 0 spiro atoms. The maximum Gasteiger partial charge on any atom is 0.355 e. The number of amides is 1. The van der Waals surface area contributed by atoms with E-state index in [2.05, 4.69) is 6.58 Å². The highest BCUT2D eigenvalue weighted by atomic mass is 32.2. The van der Waals surface area contributed by atoms with Gasteiger partial charge in [-0.05, 0) is 24.7 Å². The largest absolute Gasteiger partial charge is 0.457 e. The quantitative estimate of drug-likeness (QED) is 0.345. The Labute approximate surface area is 122 Å². The maximum atomic E-state index is 12.2. The number of esters is 1. The molecule has 0 saturated carbocycles. The van der Waals surface area contributed by atoms with Crippen LogP contribution >= 0.6 is 11.8 Å². The van der Waals surface area contributed by atoms with E-state index in [9.17, 15) is 9.59 Å². The number of fused-ring (bicyclic) bond motifs is 3. The molecule has 3 rings (SSSR count). The number of hydrogen-bond donors (Lipinski definition) is 0. The summed E-state index contributed by atoms with van der Waals surface area (Å²) in [4.78, 5) is 26.1. The number of nitrogens with zero attached hydrogens (tertiary/aromatic N) is 1. The van der Waals surface area contributed by atoms with Crippen LogP contribution in [0.15, 0.2) is 35.6 Å². The van der Waals surface area contributed by atoms with Crippen LogP contribution in [0.2, 0.25) is 0 Å². The molecule has 0 N–H and O–H groups in total. The van der Waals surface area contributed by atoms with Crippen molar-refractivity contribution < 1.29 is 14.3 Å². The molecule has 1 amide bonds. The van der Waals surface area contributed by atoms with Crippen LogP contribution in [0.5, 0.6) is 0 Å². The molecule has 2 saturated heterocycles. The van der Waals surface area contributed by atoms with E-state index in [1.54, 1.807) is 11.0 Å². The second-order valence-corrected chi connectivity index (χ2v) is 6.21. The fraction of sp³-hybridized carbons (Fsp3) is 0.467. The summed E-state index contributed by atoms with van der Waals surface area (Å²) in [6.07, 6.45) is 4.28. The maximum absolute atomic E-state index is 12.2. The molecule has 0 aliphatic carbocycles. The van der Waals surface area contributed by atoms with Crippen molar-refractivity contribution in [3.05, 3.63) is 35.6 Å². The third-order valence-electron chi connectivity index (χ3n) is 4.09. The number of carbonyl (C=O) groups excluding carboxylic acids is 2. The van der Waals surface area contributed by atoms with Gasteiger partial charge in [-0.3, -0.25) is 9.69 Å². The van der Waals surface area contributed by atoms with Crippen molar-refractivity contribution in [2.45, 2.75) is 19.4 Å². The van der Waals surface area contributed by atoms with Crippen LogP contribution in [0.25, 0.3) is 0 Å². The fourth-order valence-electron chi connectivity index (χ4n) is 3.24. The third kappa shape index (κ3) is 1.76. The highest BCUT2D eigenvalue weighted by molar-refractivity contribution is 7.99. The first-order valence-electron chi connectivity index (χ1n) is 6.79. The molecular weight excluding hydrogens is 274 g/mol. The predicted octanol–water partition coefficient (Wildman–Crippen LogP) is 1.89. The smallest absolute Gasteiger partial charge is 0.355 e. The van der Waals surface area contributed by atoms with E-state index < -0.39 is 0 Å². The molecule has 5 heteroatoms. The molecule has 0 aromatic carbocycles. The lowest BCUT2D eigenvalue weighted by Crippen LogP contribution is -2.55. The molecule has 3 aliphatic heterocycles. The summed E-state index contributed by atoms with van der Waals surface area (Å²) in [7, 11) is 0. The Morgan fingerprint density at radius 2 is 2.40 bits per heavy atom. The van der Waals surface area contributed by atoms with Gasteiger partial charge in [0.05, 0.1) is 6.04 Å². The number of rotatable bonds is 3. The number of allylic oxidation sites excluding steroid dienone is 1. The Morgan fingerprint density at radius 3 is 3.10 bits per heavy atom. The zero-order valence-electron chi connectivity index (χ0n) is 11.4. The minimum atomic E-state index is -0.386. The van der Waals surface area contributed by atoms with Crippen LogP contribution in [-0.4, -0.2) is 40.9 Å². The second-order valence-electron chi connectivity index (χ2n) is 5.06. The van der Waals surface area contributed by atoms with Crippen molar-refractivity contribution in [1.82, 2.24) is 4.90 Å². The van der Waals surface area contributed by atoms with Crippen molar-refractivity contribution >= 4 is 23.6 Å². The summed E-state index contributed by atoms with van der Waals surface area (Å²) >= 11 is 1.89. The van der Waals surface area contributed by atoms with Gasteiger partial charge in [-0.15, -0.1) is 0 Å². The van der Waals surface area contributed by atoms with E-state index in [1.807, 2.05) is 24.8 Å². The van der Waals surface area contributed by atoms with Crippen molar-refractivity contribution in [2.75, 3.05) is 18.1 Å². The molecule has 3 aliphatic rings. The fourth-order valence-corrected chi connectivity index (χ4v) is 4.41. The Bertz CT molecular complexity index is 549. The number of β-lactam (4-membered cyclic amide) rings is 1. The standard InChI is InChI=1S/C15H17NO3S/c1-3-6-19-15(18)13-10-5-7-20-8-11(10)12-9(4-2)14(17)16(12)13/h3-4,11-12H,1,5-8H2,2H3/b9-4+/t11?,12-/m0/s1. The van der Waals surface area contributed by atoms with Gasteiger partial charge in [-0.1, -0.05) is 18.7 Å². The van der Waals surface area contributed by atoms with Crippen LogP contribution < -0.4 is 0 Å². The van der Waals surface area contributed by atoms with E-state index >= 15 is 0 Å². The summed E-state index contributed by atoms with van der Waals surface area (Å²) < 4.78 is 5.16. The summed E-state index contributed by atoms with van der Waals surface area (Å²) in [5.74, 6) is 1.82. The van der Waals surface area contributed by atoms with E-state index in [0.29, 0.717) is 5.70 Å². The second kappa shape index (κ2) is 5.13. The summed E-state index contributed by atoms with van der Waals surface area (Å²) in [6.45, 7) is 5.60. The summed E-state index contributed by atoms with van der Waals surface area (Å²) in [5, 5.41) is 0. The van der Waals surface area contributed by atoms with Gasteiger partial charge in [0, 0.05) is 17.2 Å². The summed E-state index contributed by atoms with van der Waals surface area (Å²) in [5.41, 5.74) is 2.44. The molecule has 106 valence electrons. The molecule has 20 heavy (non-hydrogen) atoms. The topological polar surface area (TPSA) is 46.6 Å². The monoisotopic (exact) mass is 291 g/mol.